The monoisotopic (exact) mass is 379 g/mol. The summed E-state index contributed by atoms with van der Waals surface area (Å²) in [5.41, 5.74) is 1.48. The highest BCUT2D eigenvalue weighted by atomic mass is 32.1. The Morgan fingerprint density at radius 3 is 2.78 bits per heavy atom. The van der Waals surface area contributed by atoms with Crippen LogP contribution in [0, 0.1) is 5.92 Å². The van der Waals surface area contributed by atoms with E-state index in [0.29, 0.717) is 0 Å². The van der Waals surface area contributed by atoms with Crippen LogP contribution in [0.5, 0.6) is 0 Å². The molecule has 1 aromatic heterocycles. The van der Waals surface area contributed by atoms with E-state index < -0.39 is 0 Å². The number of nitrogens with zero attached hydrogens (tertiary/aromatic N) is 2. The number of fused-ring (bicyclic) bond motifs is 1. The second-order valence-corrected chi connectivity index (χ2v) is 8.48. The molecule has 4 nitrogen and oxygen atoms in total. The number of benzene rings is 2. The maximum Gasteiger partial charge on any atom is 0.221 e. The van der Waals surface area contributed by atoms with Crippen molar-refractivity contribution in [2.24, 2.45) is 5.92 Å². The van der Waals surface area contributed by atoms with Crippen molar-refractivity contribution in [1.29, 1.82) is 0 Å². The molecule has 0 radical (unpaired) electrons. The smallest absolute Gasteiger partial charge is 0.221 e. The fourth-order valence-electron chi connectivity index (χ4n) is 3.94. The summed E-state index contributed by atoms with van der Waals surface area (Å²) < 4.78 is 0. The normalized spacial score (nSPS) is 15.9. The van der Waals surface area contributed by atoms with Crippen LogP contribution < -0.4 is 5.32 Å². The number of aromatic nitrogens is 1. The zero-order valence-corrected chi connectivity index (χ0v) is 16.5. The topological polar surface area (TPSA) is 45.2 Å². The Labute approximate surface area is 164 Å². The van der Waals surface area contributed by atoms with Gasteiger partial charge in [0.25, 0.3) is 0 Å². The molecule has 4 rings (SSSR count). The van der Waals surface area contributed by atoms with Crippen molar-refractivity contribution < 1.29 is 4.79 Å². The standard InChI is InChI=1S/C22H25N3OS/c1-16(26)24-21-14-23-22(27-21)15-25-11-9-17(10-12-25)13-19-7-4-6-18-5-2-3-8-20(18)19/h2-8,14,17H,9-13,15H2,1H3,(H,24,26). The summed E-state index contributed by atoms with van der Waals surface area (Å²) >= 11 is 1.57. The molecule has 0 bridgehead atoms. The molecule has 1 fully saturated rings. The Balaban J connectivity index is 1.32. The number of rotatable bonds is 5. The van der Waals surface area contributed by atoms with Crippen molar-refractivity contribution in [3.05, 3.63) is 59.2 Å². The van der Waals surface area contributed by atoms with Crippen LogP contribution in [0.15, 0.2) is 48.7 Å². The molecule has 0 unspecified atom stereocenters. The van der Waals surface area contributed by atoms with Crippen molar-refractivity contribution >= 4 is 33.0 Å². The van der Waals surface area contributed by atoms with Crippen molar-refractivity contribution in [1.82, 2.24) is 9.88 Å². The van der Waals surface area contributed by atoms with E-state index in [0.717, 1.165) is 35.6 Å². The van der Waals surface area contributed by atoms with Crippen LogP contribution in [0.4, 0.5) is 5.00 Å². The van der Waals surface area contributed by atoms with Gasteiger partial charge in [-0.15, -0.1) is 0 Å². The lowest BCUT2D eigenvalue weighted by Crippen LogP contribution is -2.33. The molecule has 1 aliphatic heterocycles. The summed E-state index contributed by atoms with van der Waals surface area (Å²) in [5.74, 6) is 0.706. The SMILES string of the molecule is CC(=O)Nc1cnc(CN2CCC(Cc3cccc4ccccc34)CC2)s1. The number of anilines is 1. The van der Waals surface area contributed by atoms with Gasteiger partial charge in [0, 0.05) is 6.92 Å². The highest BCUT2D eigenvalue weighted by Crippen LogP contribution is 2.28. The molecule has 2 aromatic carbocycles. The third-order valence-corrected chi connectivity index (χ3v) is 6.20. The van der Waals surface area contributed by atoms with Crippen molar-refractivity contribution in [3.8, 4) is 0 Å². The van der Waals surface area contributed by atoms with Gasteiger partial charge in [-0.1, -0.05) is 53.8 Å². The van der Waals surface area contributed by atoms with E-state index in [4.69, 9.17) is 0 Å². The molecule has 0 atom stereocenters. The number of hydrogen-bond donors (Lipinski definition) is 1. The number of amides is 1. The molecular weight excluding hydrogens is 354 g/mol. The lowest BCUT2D eigenvalue weighted by atomic mass is 9.88. The minimum atomic E-state index is -0.0422. The Kier molecular flexibility index (Phi) is 5.50. The van der Waals surface area contributed by atoms with Gasteiger partial charge in [0.1, 0.15) is 10.0 Å². The van der Waals surface area contributed by atoms with E-state index in [1.807, 2.05) is 0 Å². The molecule has 140 valence electrons. The first-order chi connectivity index (χ1) is 13.2. The molecule has 1 N–H and O–H groups in total. The number of likely N-dealkylation sites (tertiary alicyclic amines) is 1. The van der Waals surface area contributed by atoms with Gasteiger partial charge < -0.3 is 5.32 Å². The van der Waals surface area contributed by atoms with Gasteiger partial charge in [-0.05, 0) is 54.6 Å². The second kappa shape index (κ2) is 8.19. The number of hydrogen-bond acceptors (Lipinski definition) is 4. The first-order valence-electron chi connectivity index (χ1n) is 9.58. The Hall–Kier alpha value is -2.24. The third kappa shape index (κ3) is 4.54. The largest absolute Gasteiger partial charge is 0.317 e. The van der Waals surface area contributed by atoms with Gasteiger partial charge in [-0.2, -0.15) is 0 Å². The fraction of sp³-hybridized carbons (Fsp3) is 0.364. The molecule has 1 saturated heterocycles. The molecule has 3 aromatic rings. The molecule has 1 aliphatic rings. The second-order valence-electron chi connectivity index (χ2n) is 7.36. The van der Waals surface area contributed by atoms with E-state index in [-0.39, 0.29) is 5.91 Å². The van der Waals surface area contributed by atoms with Crippen LogP contribution in [0.3, 0.4) is 0 Å². The molecule has 0 spiro atoms. The summed E-state index contributed by atoms with van der Waals surface area (Å²) in [6.07, 6.45) is 5.38. The van der Waals surface area contributed by atoms with E-state index >= 15 is 0 Å². The third-order valence-electron chi connectivity index (χ3n) is 5.31. The number of piperidine rings is 1. The van der Waals surface area contributed by atoms with E-state index in [1.165, 1.54) is 42.5 Å². The Morgan fingerprint density at radius 2 is 1.96 bits per heavy atom. The lowest BCUT2D eigenvalue weighted by Gasteiger charge is -2.31. The van der Waals surface area contributed by atoms with Crippen molar-refractivity contribution in [3.63, 3.8) is 0 Å². The Bertz CT molecular complexity index is 923. The first-order valence-corrected chi connectivity index (χ1v) is 10.4. The van der Waals surface area contributed by atoms with Gasteiger partial charge >= 0.3 is 0 Å². The van der Waals surface area contributed by atoms with E-state index in [1.54, 1.807) is 17.5 Å². The number of thiazole rings is 1. The first kappa shape index (κ1) is 18.1. The minimum Gasteiger partial charge on any atom is -0.317 e. The molecule has 1 amide bonds. The molecule has 0 saturated carbocycles. The zero-order chi connectivity index (χ0) is 18.6. The van der Waals surface area contributed by atoms with Gasteiger partial charge in [0.05, 0.1) is 12.7 Å². The van der Waals surface area contributed by atoms with Crippen LogP contribution in [-0.2, 0) is 17.8 Å². The minimum absolute atomic E-state index is 0.0422. The van der Waals surface area contributed by atoms with Crippen LogP contribution in [-0.4, -0.2) is 28.9 Å². The number of carbonyl (C=O) groups is 1. The highest BCUT2D eigenvalue weighted by Gasteiger charge is 2.21. The van der Waals surface area contributed by atoms with Gasteiger partial charge in [0.15, 0.2) is 0 Å². The Morgan fingerprint density at radius 1 is 1.19 bits per heavy atom. The predicted octanol–water partition coefficient (Wildman–Crippen LogP) is 4.71. The summed E-state index contributed by atoms with van der Waals surface area (Å²) in [6, 6.07) is 15.4. The summed E-state index contributed by atoms with van der Waals surface area (Å²) in [7, 11) is 0. The van der Waals surface area contributed by atoms with Crippen molar-refractivity contribution in [2.75, 3.05) is 18.4 Å². The van der Waals surface area contributed by atoms with Gasteiger partial charge in [-0.25, -0.2) is 4.98 Å². The molecule has 0 aliphatic carbocycles. The number of nitrogens with one attached hydrogen (secondary N) is 1. The van der Waals surface area contributed by atoms with E-state index in [9.17, 15) is 4.79 Å². The lowest BCUT2D eigenvalue weighted by molar-refractivity contribution is -0.114. The fourth-order valence-corrected chi connectivity index (χ4v) is 4.84. The average Bonchev–Trinajstić information content (AvgIpc) is 3.10. The summed E-state index contributed by atoms with van der Waals surface area (Å²) in [6.45, 7) is 4.64. The number of carbonyl (C=O) groups excluding carboxylic acids is 1. The van der Waals surface area contributed by atoms with E-state index in [2.05, 4.69) is 57.7 Å². The summed E-state index contributed by atoms with van der Waals surface area (Å²) in [5, 5.41) is 7.46. The quantitative estimate of drug-likeness (QED) is 0.698. The van der Waals surface area contributed by atoms with Crippen LogP contribution in [0.2, 0.25) is 0 Å². The molecule has 27 heavy (non-hydrogen) atoms. The van der Waals surface area contributed by atoms with Crippen LogP contribution in [0.1, 0.15) is 30.3 Å². The average molecular weight is 380 g/mol. The zero-order valence-electron chi connectivity index (χ0n) is 15.6. The summed E-state index contributed by atoms with van der Waals surface area (Å²) in [4.78, 5) is 18.1. The van der Waals surface area contributed by atoms with Crippen LogP contribution in [0.25, 0.3) is 10.8 Å². The van der Waals surface area contributed by atoms with Gasteiger partial charge in [-0.3, -0.25) is 9.69 Å². The maximum atomic E-state index is 11.1. The molecule has 2 heterocycles. The van der Waals surface area contributed by atoms with Crippen molar-refractivity contribution in [2.45, 2.75) is 32.7 Å². The molecule has 5 heteroatoms. The highest BCUT2D eigenvalue weighted by molar-refractivity contribution is 7.15. The molecular formula is C22H25N3OS. The van der Waals surface area contributed by atoms with Gasteiger partial charge in [0.2, 0.25) is 5.91 Å². The van der Waals surface area contributed by atoms with Crippen LogP contribution >= 0.6 is 11.3 Å². The predicted molar refractivity (Wildman–Crippen MR) is 112 cm³/mol. The maximum absolute atomic E-state index is 11.1.